The first kappa shape index (κ1) is 17.7. The van der Waals surface area contributed by atoms with Gasteiger partial charge in [-0.15, -0.1) is 0 Å². The molecule has 25 heavy (non-hydrogen) atoms. The Morgan fingerprint density at radius 3 is 2.48 bits per heavy atom. The summed E-state index contributed by atoms with van der Waals surface area (Å²) in [5, 5.41) is 20.2. The second-order valence-corrected chi connectivity index (χ2v) is 7.56. The number of carbonyl (C=O) groups excluding carboxylic acids is 1. The minimum Gasteiger partial charge on any atom is -0.507 e. The van der Waals surface area contributed by atoms with E-state index in [2.05, 4.69) is 0 Å². The van der Waals surface area contributed by atoms with Crippen molar-refractivity contribution in [3.8, 4) is 11.5 Å². The number of phenols is 1. The lowest BCUT2D eigenvalue weighted by Crippen LogP contribution is -2.44. The van der Waals surface area contributed by atoms with Gasteiger partial charge < -0.3 is 19.7 Å². The number of carbonyl (C=O) groups is 2. The van der Waals surface area contributed by atoms with Crippen LogP contribution in [0, 0.1) is 6.92 Å². The molecule has 6 nitrogen and oxygen atoms in total. The monoisotopic (exact) mass is 348 g/mol. The summed E-state index contributed by atoms with van der Waals surface area (Å²) >= 11 is 0. The number of benzene rings is 1. The number of aromatic hydroxyl groups is 1. The van der Waals surface area contributed by atoms with Crippen LogP contribution in [0.15, 0.2) is 0 Å². The van der Waals surface area contributed by atoms with Crippen molar-refractivity contribution >= 4 is 11.8 Å². The number of aromatic carboxylic acids is 1. The van der Waals surface area contributed by atoms with E-state index in [0.29, 0.717) is 17.5 Å². The van der Waals surface area contributed by atoms with Crippen molar-refractivity contribution < 1.29 is 29.3 Å². The van der Waals surface area contributed by atoms with Gasteiger partial charge in [-0.3, -0.25) is 4.79 Å². The fraction of sp³-hybridized carbons (Fsp3) is 0.579. The normalized spacial score (nSPS) is 30.4. The Balaban J connectivity index is 2.30. The second kappa shape index (κ2) is 5.73. The van der Waals surface area contributed by atoms with Gasteiger partial charge in [0.05, 0.1) is 12.2 Å². The van der Waals surface area contributed by atoms with Gasteiger partial charge in [0, 0.05) is 24.3 Å². The predicted octanol–water partition coefficient (Wildman–Crippen LogP) is 3.48. The fourth-order valence-electron chi connectivity index (χ4n) is 4.24. The highest BCUT2D eigenvalue weighted by Gasteiger charge is 2.47. The molecule has 0 spiro atoms. The second-order valence-electron chi connectivity index (χ2n) is 7.56. The molecule has 0 saturated carbocycles. The van der Waals surface area contributed by atoms with Crippen LogP contribution in [0.25, 0.3) is 0 Å². The third kappa shape index (κ3) is 2.68. The average molecular weight is 348 g/mol. The van der Waals surface area contributed by atoms with Crippen LogP contribution in [-0.2, 0) is 9.53 Å². The fourth-order valence-corrected chi connectivity index (χ4v) is 4.24. The molecule has 0 saturated heterocycles. The molecule has 2 aliphatic rings. The summed E-state index contributed by atoms with van der Waals surface area (Å²) in [6.07, 6.45) is 0.178. The molecule has 0 aliphatic carbocycles. The lowest BCUT2D eigenvalue weighted by atomic mass is 9.76. The minimum absolute atomic E-state index is 0.000455. The Kier molecular flexibility index (Phi) is 4.06. The molecule has 0 fully saturated rings. The van der Waals surface area contributed by atoms with Gasteiger partial charge in [-0.2, -0.15) is 0 Å². The largest absolute Gasteiger partial charge is 0.507 e. The maximum absolute atomic E-state index is 11.8. The molecule has 0 unspecified atom stereocenters. The zero-order valence-electron chi connectivity index (χ0n) is 15.2. The van der Waals surface area contributed by atoms with E-state index >= 15 is 0 Å². The molecule has 136 valence electrons. The van der Waals surface area contributed by atoms with Gasteiger partial charge >= 0.3 is 5.97 Å². The van der Waals surface area contributed by atoms with E-state index in [1.165, 1.54) is 6.92 Å². The molecule has 2 N–H and O–H groups in total. The number of carboxylic acid groups (broad SMARTS) is 1. The molecule has 6 heteroatoms. The van der Waals surface area contributed by atoms with Gasteiger partial charge in [0.2, 0.25) is 0 Å². The van der Waals surface area contributed by atoms with Gasteiger partial charge in [-0.05, 0) is 38.8 Å². The quantitative estimate of drug-likeness (QED) is 0.869. The zero-order valence-corrected chi connectivity index (χ0v) is 15.2. The molecule has 0 radical (unpaired) electrons. The molecule has 1 aromatic rings. The van der Waals surface area contributed by atoms with Crippen molar-refractivity contribution in [1.82, 2.24) is 0 Å². The Morgan fingerprint density at radius 2 is 1.92 bits per heavy atom. The third-order valence-corrected chi connectivity index (χ3v) is 5.42. The van der Waals surface area contributed by atoms with Gasteiger partial charge in [0.15, 0.2) is 0 Å². The number of hydrogen-bond donors (Lipinski definition) is 2. The molecule has 3 rings (SSSR count). The summed E-state index contributed by atoms with van der Waals surface area (Å²) in [6.45, 7) is 8.95. The van der Waals surface area contributed by atoms with Crippen molar-refractivity contribution in [3.63, 3.8) is 0 Å². The van der Waals surface area contributed by atoms with Crippen LogP contribution in [-0.4, -0.2) is 33.7 Å². The molecule has 2 aliphatic heterocycles. The number of ether oxygens (including phenoxy) is 2. The lowest BCUT2D eigenvalue weighted by molar-refractivity contribution is -0.125. The van der Waals surface area contributed by atoms with E-state index in [4.69, 9.17) is 9.47 Å². The van der Waals surface area contributed by atoms with Gasteiger partial charge in [-0.25, -0.2) is 4.79 Å². The highest BCUT2D eigenvalue weighted by Crippen LogP contribution is 2.55. The van der Waals surface area contributed by atoms with E-state index < -0.39 is 11.6 Å². The smallest absolute Gasteiger partial charge is 0.343 e. The summed E-state index contributed by atoms with van der Waals surface area (Å²) in [7, 11) is 0. The summed E-state index contributed by atoms with van der Waals surface area (Å²) in [5.74, 6) is -1.43. The van der Waals surface area contributed by atoms with E-state index in [9.17, 15) is 19.8 Å². The van der Waals surface area contributed by atoms with Crippen LogP contribution in [0.5, 0.6) is 11.5 Å². The number of Topliss-reactive ketones (excluding diaryl/α,β-unsaturated/α-hetero) is 1. The topological polar surface area (TPSA) is 93.1 Å². The van der Waals surface area contributed by atoms with E-state index in [1.807, 2.05) is 13.8 Å². The Morgan fingerprint density at radius 1 is 1.28 bits per heavy atom. The van der Waals surface area contributed by atoms with Crippen molar-refractivity contribution in [3.05, 3.63) is 22.3 Å². The summed E-state index contributed by atoms with van der Waals surface area (Å²) in [4.78, 5) is 23.5. The van der Waals surface area contributed by atoms with Crippen LogP contribution in [0.2, 0.25) is 0 Å². The molecule has 0 amide bonds. The molecule has 2 heterocycles. The molecule has 0 bridgehead atoms. The van der Waals surface area contributed by atoms with Gasteiger partial charge in [0.1, 0.15) is 28.4 Å². The maximum atomic E-state index is 11.8. The zero-order chi connectivity index (χ0) is 18.7. The first-order chi connectivity index (χ1) is 11.6. The van der Waals surface area contributed by atoms with E-state index in [0.717, 1.165) is 5.56 Å². The SMILES string of the molecule is CC(=O)C[C@]1(C)C[C@@H]2O[C@H](C)[C@@H](C)c3c(C)c(O)c(C(=O)O)c(c32)O1. The number of hydrogen-bond acceptors (Lipinski definition) is 5. The first-order valence-electron chi connectivity index (χ1n) is 8.52. The van der Waals surface area contributed by atoms with Gasteiger partial charge in [0.25, 0.3) is 0 Å². The van der Waals surface area contributed by atoms with Crippen LogP contribution in [0.4, 0.5) is 0 Å². The number of rotatable bonds is 3. The summed E-state index contributed by atoms with van der Waals surface area (Å²) < 4.78 is 12.2. The minimum atomic E-state index is -1.25. The van der Waals surface area contributed by atoms with E-state index in [-0.39, 0.29) is 47.4 Å². The van der Waals surface area contributed by atoms with E-state index in [1.54, 1.807) is 13.8 Å². The molecule has 0 aromatic heterocycles. The molecule has 4 atom stereocenters. The average Bonchev–Trinajstić information content (AvgIpc) is 2.46. The van der Waals surface area contributed by atoms with Crippen molar-refractivity contribution in [2.24, 2.45) is 0 Å². The Hall–Kier alpha value is -2.08. The predicted molar refractivity (Wildman–Crippen MR) is 90.5 cm³/mol. The van der Waals surface area contributed by atoms with Crippen LogP contribution < -0.4 is 4.74 Å². The summed E-state index contributed by atoms with van der Waals surface area (Å²) in [5.41, 5.74) is 1.04. The van der Waals surface area contributed by atoms with Crippen molar-refractivity contribution in [1.29, 1.82) is 0 Å². The summed E-state index contributed by atoms with van der Waals surface area (Å²) in [6, 6.07) is 0. The number of carboxylic acids is 1. The standard InChI is InChI=1S/C19H24O6/c1-8(20)6-19(5)7-12-14-13(9(2)11(4)24-12)10(3)16(21)15(18(22)23)17(14)25-19/h9,11-12,21H,6-7H2,1-5H3,(H,22,23)/t9-,11-,12+,19-/m1/s1. The third-order valence-electron chi connectivity index (χ3n) is 5.42. The molecular formula is C19H24O6. The Labute approximate surface area is 146 Å². The van der Waals surface area contributed by atoms with Crippen LogP contribution >= 0.6 is 0 Å². The van der Waals surface area contributed by atoms with Crippen LogP contribution in [0.3, 0.4) is 0 Å². The van der Waals surface area contributed by atoms with Gasteiger partial charge in [-0.1, -0.05) is 6.92 Å². The highest BCUT2D eigenvalue weighted by molar-refractivity contribution is 5.96. The lowest BCUT2D eigenvalue weighted by Gasteiger charge is -2.46. The molecular weight excluding hydrogens is 324 g/mol. The van der Waals surface area contributed by atoms with Crippen LogP contribution in [0.1, 0.15) is 79.6 Å². The number of ketones is 1. The molecule has 1 aromatic carbocycles. The highest BCUT2D eigenvalue weighted by atomic mass is 16.5. The first-order valence-corrected chi connectivity index (χ1v) is 8.52. The Bertz CT molecular complexity index is 768. The van der Waals surface area contributed by atoms with Crippen molar-refractivity contribution in [2.45, 2.75) is 71.2 Å². The maximum Gasteiger partial charge on any atom is 0.343 e. The van der Waals surface area contributed by atoms with Crippen molar-refractivity contribution in [2.75, 3.05) is 0 Å².